The maximum absolute atomic E-state index is 13.6. The number of amides is 2. The van der Waals surface area contributed by atoms with Crippen LogP contribution < -0.4 is 15.0 Å². The number of hydrogen-bond donors (Lipinski definition) is 2. The van der Waals surface area contributed by atoms with Gasteiger partial charge in [-0.2, -0.15) is 5.10 Å². The molecule has 0 aliphatic carbocycles. The number of aryl methyl sites for hydroxylation is 3. The van der Waals surface area contributed by atoms with Crippen molar-refractivity contribution in [2.75, 3.05) is 16.2 Å². The Morgan fingerprint density at radius 1 is 0.780 bits per heavy atom. The molecule has 0 unspecified atom stereocenters. The summed E-state index contributed by atoms with van der Waals surface area (Å²) in [7, 11) is -4.04. The highest BCUT2D eigenvalue weighted by molar-refractivity contribution is 7.92. The minimum absolute atomic E-state index is 0.0863. The SMILES string of the molecule is C/C(=N\NC(=O)CN(c1ccc(C)c(C)c1)S(=O)(=O)c1ccc(C)cc1)c1cccc(NC(=O)c2ccccc2)c1. The van der Waals surface area contributed by atoms with Crippen molar-refractivity contribution in [2.24, 2.45) is 5.10 Å². The summed E-state index contributed by atoms with van der Waals surface area (Å²) in [6, 6.07) is 27.7. The van der Waals surface area contributed by atoms with E-state index in [0.717, 1.165) is 21.0 Å². The minimum Gasteiger partial charge on any atom is -0.322 e. The van der Waals surface area contributed by atoms with Crippen LogP contribution in [-0.4, -0.2) is 32.5 Å². The molecule has 41 heavy (non-hydrogen) atoms. The zero-order valence-corrected chi connectivity index (χ0v) is 24.2. The van der Waals surface area contributed by atoms with Crippen LogP contribution in [0.15, 0.2) is 107 Å². The molecule has 0 spiro atoms. The van der Waals surface area contributed by atoms with Crippen molar-refractivity contribution >= 4 is 38.9 Å². The summed E-state index contributed by atoms with van der Waals surface area (Å²) in [5.41, 5.74) is 7.96. The molecule has 9 heteroatoms. The molecule has 0 aliphatic heterocycles. The molecule has 0 aliphatic rings. The Labute approximate surface area is 240 Å². The quantitative estimate of drug-likeness (QED) is 0.202. The summed E-state index contributed by atoms with van der Waals surface area (Å²) in [6.45, 7) is 6.94. The molecule has 0 saturated carbocycles. The number of carbonyl (C=O) groups excluding carboxylic acids is 2. The van der Waals surface area contributed by atoms with Crippen LogP contribution in [-0.2, 0) is 14.8 Å². The molecule has 210 valence electrons. The lowest BCUT2D eigenvalue weighted by molar-refractivity contribution is -0.119. The third kappa shape index (κ3) is 7.26. The monoisotopic (exact) mass is 568 g/mol. The van der Waals surface area contributed by atoms with Crippen molar-refractivity contribution in [3.8, 4) is 0 Å². The van der Waals surface area contributed by atoms with Crippen molar-refractivity contribution in [1.82, 2.24) is 5.43 Å². The Balaban J connectivity index is 1.52. The predicted molar refractivity (Wildman–Crippen MR) is 163 cm³/mol. The first-order valence-corrected chi connectivity index (χ1v) is 14.5. The van der Waals surface area contributed by atoms with Crippen LogP contribution in [0.2, 0.25) is 0 Å². The Hall–Kier alpha value is -4.76. The molecular formula is C32H32N4O4S. The highest BCUT2D eigenvalue weighted by Crippen LogP contribution is 2.26. The second-order valence-electron chi connectivity index (χ2n) is 9.73. The van der Waals surface area contributed by atoms with Gasteiger partial charge >= 0.3 is 0 Å². The molecule has 8 nitrogen and oxygen atoms in total. The van der Waals surface area contributed by atoms with Gasteiger partial charge in [-0.15, -0.1) is 0 Å². The predicted octanol–water partition coefficient (Wildman–Crippen LogP) is 5.60. The molecule has 4 aromatic carbocycles. The molecule has 0 fully saturated rings. The van der Waals surface area contributed by atoms with E-state index in [4.69, 9.17) is 0 Å². The van der Waals surface area contributed by atoms with Gasteiger partial charge in [0.2, 0.25) is 0 Å². The number of anilines is 2. The maximum Gasteiger partial charge on any atom is 0.264 e. The number of nitrogens with one attached hydrogen (secondary N) is 2. The third-order valence-electron chi connectivity index (χ3n) is 6.60. The van der Waals surface area contributed by atoms with Crippen LogP contribution in [0.25, 0.3) is 0 Å². The summed E-state index contributed by atoms with van der Waals surface area (Å²) in [6.07, 6.45) is 0. The number of nitrogens with zero attached hydrogens (tertiary/aromatic N) is 2. The summed E-state index contributed by atoms with van der Waals surface area (Å²) in [4.78, 5) is 25.6. The Morgan fingerprint density at radius 2 is 1.46 bits per heavy atom. The molecule has 2 N–H and O–H groups in total. The molecule has 4 aromatic rings. The number of rotatable bonds is 9. The molecule has 0 radical (unpaired) electrons. The zero-order chi connectivity index (χ0) is 29.6. The number of benzene rings is 4. The lowest BCUT2D eigenvalue weighted by Gasteiger charge is -2.24. The van der Waals surface area contributed by atoms with E-state index in [-0.39, 0.29) is 10.8 Å². The largest absolute Gasteiger partial charge is 0.322 e. The van der Waals surface area contributed by atoms with Gasteiger partial charge in [0.25, 0.3) is 21.8 Å². The van der Waals surface area contributed by atoms with E-state index in [0.29, 0.717) is 28.2 Å². The third-order valence-corrected chi connectivity index (χ3v) is 8.39. The number of hydrazone groups is 1. The van der Waals surface area contributed by atoms with Crippen molar-refractivity contribution in [2.45, 2.75) is 32.6 Å². The van der Waals surface area contributed by atoms with Gasteiger partial charge in [-0.1, -0.05) is 54.1 Å². The number of carbonyl (C=O) groups is 2. The normalized spacial score (nSPS) is 11.6. The van der Waals surface area contributed by atoms with Crippen LogP contribution >= 0.6 is 0 Å². The molecule has 0 saturated heterocycles. The van der Waals surface area contributed by atoms with Gasteiger partial charge in [0, 0.05) is 11.3 Å². The van der Waals surface area contributed by atoms with Crippen molar-refractivity contribution in [1.29, 1.82) is 0 Å². The Bertz CT molecular complexity index is 1700. The number of hydrogen-bond acceptors (Lipinski definition) is 5. The summed E-state index contributed by atoms with van der Waals surface area (Å²) in [5.74, 6) is -0.848. The van der Waals surface area contributed by atoms with Gasteiger partial charge in [0.1, 0.15) is 6.54 Å². The van der Waals surface area contributed by atoms with Crippen LogP contribution in [0.4, 0.5) is 11.4 Å². The van der Waals surface area contributed by atoms with E-state index in [2.05, 4.69) is 15.8 Å². The van der Waals surface area contributed by atoms with Crippen molar-refractivity contribution in [3.05, 3.63) is 125 Å². The summed E-state index contributed by atoms with van der Waals surface area (Å²) < 4.78 is 28.4. The van der Waals surface area contributed by atoms with Crippen LogP contribution in [0.5, 0.6) is 0 Å². The first-order valence-electron chi connectivity index (χ1n) is 13.0. The van der Waals surface area contributed by atoms with Crippen molar-refractivity contribution < 1.29 is 18.0 Å². The Morgan fingerprint density at radius 3 is 2.15 bits per heavy atom. The van der Waals surface area contributed by atoms with Gasteiger partial charge in [-0.3, -0.25) is 13.9 Å². The van der Waals surface area contributed by atoms with Gasteiger partial charge in [-0.25, -0.2) is 13.8 Å². The van der Waals surface area contributed by atoms with E-state index in [9.17, 15) is 18.0 Å². The van der Waals surface area contributed by atoms with Crippen LogP contribution in [0.3, 0.4) is 0 Å². The topological polar surface area (TPSA) is 108 Å². The fraction of sp³-hybridized carbons (Fsp3) is 0.156. The average Bonchev–Trinajstić information content (AvgIpc) is 2.97. The molecule has 0 aromatic heterocycles. The zero-order valence-electron chi connectivity index (χ0n) is 23.4. The van der Waals surface area contributed by atoms with Crippen LogP contribution in [0.1, 0.15) is 39.5 Å². The summed E-state index contributed by atoms with van der Waals surface area (Å²) >= 11 is 0. The van der Waals surface area contributed by atoms with E-state index < -0.39 is 22.5 Å². The van der Waals surface area contributed by atoms with Gasteiger partial charge in [0.05, 0.1) is 16.3 Å². The lowest BCUT2D eigenvalue weighted by atomic mass is 10.1. The number of sulfonamides is 1. The first-order chi connectivity index (χ1) is 19.5. The molecule has 0 heterocycles. The van der Waals surface area contributed by atoms with Gasteiger partial charge in [0.15, 0.2) is 0 Å². The standard InChI is InChI=1S/C32H32N4O4S/c1-22-13-17-30(18-14-22)41(39,40)36(29-16-15-23(2)24(3)19-29)21-31(37)35-34-25(4)27-11-8-12-28(20-27)33-32(38)26-9-6-5-7-10-26/h5-20H,21H2,1-4H3,(H,33,38)(H,35,37)/b34-25+. The van der Waals surface area contributed by atoms with E-state index >= 15 is 0 Å². The molecular weight excluding hydrogens is 536 g/mol. The highest BCUT2D eigenvalue weighted by Gasteiger charge is 2.27. The van der Waals surface area contributed by atoms with Gasteiger partial charge < -0.3 is 5.32 Å². The summed E-state index contributed by atoms with van der Waals surface area (Å²) in [5, 5.41) is 7.05. The maximum atomic E-state index is 13.6. The average molecular weight is 569 g/mol. The second-order valence-corrected chi connectivity index (χ2v) is 11.6. The Kier molecular flexibility index (Phi) is 8.99. The van der Waals surface area contributed by atoms with Gasteiger partial charge in [-0.05, 0) is 92.9 Å². The second kappa shape index (κ2) is 12.6. The van der Waals surface area contributed by atoms with E-state index in [1.165, 1.54) is 12.1 Å². The molecule has 0 bridgehead atoms. The smallest absolute Gasteiger partial charge is 0.264 e. The molecule has 4 rings (SSSR count). The van der Waals surface area contributed by atoms with E-state index in [1.807, 2.05) is 32.9 Å². The molecule has 2 amide bonds. The van der Waals surface area contributed by atoms with Crippen molar-refractivity contribution in [3.63, 3.8) is 0 Å². The lowest BCUT2D eigenvalue weighted by Crippen LogP contribution is -2.39. The fourth-order valence-electron chi connectivity index (χ4n) is 4.02. The van der Waals surface area contributed by atoms with Crippen LogP contribution in [0, 0.1) is 20.8 Å². The molecule has 0 atom stereocenters. The van der Waals surface area contributed by atoms with E-state index in [1.54, 1.807) is 79.7 Å². The highest BCUT2D eigenvalue weighted by atomic mass is 32.2. The minimum atomic E-state index is -4.04. The first kappa shape index (κ1) is 29.2. The fourth-order valence-corrected chi connectivity index (χ4v) is 5.44.